The average Bonchev–Trinajstić information content (AvgIpc) is 2.92. The van der Waals surface area contributed by atoms with Gasteiger partial charge in [-0.1, -0.05) is 32.9 Å². The van der Waals surface area contributed by atoms with Gasteiger partial charge in [0.2, 0.25) is 0 Å². The van der Waals surface area contributed by atoms with Crippen LogP contribution in [0, 0.1) is 0 Å². The highest BCUT2D eigenvalue weighted by Crippen LogP contribution is 2.44. The van der Waals surface area contributed by atoms with Gasteiger partial charge in [0.05, 0.1) is 0 Å². The lowest BCUT2D eigenvalue weighted by molar-refractivity contribution is -0.464. The number of rotatable bonds is 12. The van der Waals surface area contributed by atoms with E-state index in [1.54, 1.807) is 0 Å². The number of hydrogen-bond acceptors (Lipinski definition) is 11. The Bertz CT molecular complexity index is 1400. The zero-order valence-corrected chi connectivity index (χ0v) is 30.8. The van der Waals surface area contributed by atoms with Gasteiger partial charge in [0, 0.05) is 70.4 Å². The van der Waals surface area contributed by atoms with Gasteiger partial charge in [0.15, 0.2) is 0 Å². The van der Waals surface area contributed by atoms with Gasteiger partial charge in [-0.15, -0.1) is 0 Å². The maximum Gasteiger partial charge on any atom is 0.532 e. The van der Waals surface area contributed by atoms with Crippen molar-refractivity contribution < 1.29 is 52.4 Å². The van der Waals surface area contributed by atoms with Crippen LogP contribution >= 0.6 is 51.1 Å². The van der Waals surface area contributed by atoms with Crippen LogP contribution < -0.4 is 0 Å². The van der Waals surface area contributed by atoms with E-state index in [0.717, 1.165) is 4.09 Å². The molecule has 0 bridgehead atoms. The van der Waals surface area contributed by atoms with E-state index in [1.165, 1.54) is 34.6 Å². The number of nitrogens with one attached hydrogen (secondary N) is 4. The summed E-state index contributed by atoms with van der Waals surface area (Å²) in [5, 5.41) is 0. The summed E-state index contributed by atoms with van der Waals surface area (Å²) in [6.07, 6.45) is 0. The molecule has 5 unspecified atom stereocenters. The average molecular weight is 748 g/mol. The minimum Gasteiger partial charge on any atom is -0.390 e. The van der Waals surface area contributed by atoms with Gasteiger partial charge >= 0.3 is 41.7 Å². The summed E-state index contributed by atoms with van der Waals surface area (Å²) >= 11 is 0. The highest BCUT2D eigenvalue weighted by atomic mass is 31.1. The maximum atomic E-state index is 13.3. The van der Waals surface area contributed by atoms with Crippen LogP contribution in [0.25, 0.3) is 0 Å². The van der Waals surface area contributed by atoms with Gasteiger partial charge in [-0.25, -0.2) is 28.1 Å². The summed E-state index contributed by atoms with van der Waals surface area (Å²) in [6.45, 7) is 23.9. The Kier molecular flexibility index (Phi) is 17.7. The number of ether oxygens (including phenoxy) is 5. The van der Waals surface area contributed by atoms with Crippen molar-refractivity contribution in [2.75, 3.05) is 0 Å². The molecule has 16 nitrogen and oxygen atoms in total. The smallest absolute Gasteiger partial charge is 0.390 e. The number of esters is 5. The van der Waals surface area contributed by atoms with Crippen molar-refractivity contribution in [2.24, 2.45) is 0 Å². The van der Waals surface area contributed by atoms with E-state index < -0.39 is 50.2 Å². The lowest BCUT2D eigenvalue weighted by atomic mass is 10.3. The molecule has 1 rings (SSSR count). The fraction of sp³-hybridized carbons (Fsp3) is 0.318. The molecule has 45 heavy (non-hydrogen) atoms. The second kappa shape index (κ2) is 19.2. The molecule has 0 spiro atoms. The van der Waals surface area contributed by atoms with Gasteiger partial charge in [-0.2, -0.15) is 4.51 Å². The Morgan fingerprint density at radius 1 is 0.600 bits per heavy atom. The first-order chi connectivity index (χ1) is 20.5. The Balaban J connectivity index is 0.0000194. The van der Waals surface area contributed by atoms with Gasteiger partial charge in [-0.3, -0.25) is 4.70 Å². The third-order valence-electron chi connectivity index (χ3n) is 4.33. The van der Waals surface area contributed by atoms with Gasteiger partial charge in [0.1, 0.15) is 8.51 Å². The number of carbonyl (C=O) groups excluding carboxylic acids is 5. The molecule has 1 heterocycles. The number of nitrogens with zero attached hydrogens (tertiary/aromatic N) is 2. The van der Waals surface area contributed by atoms with Crippen LogP contribution in [-0.4, -0.2) is 62.5 Å². The van der Waals surface area contributed by atoms with E-state index in [-0.39, 0.29) is 75.1 Å². The Hall–Kier alpha value is -3.42. The Morgan fingerprint density at radius 2 is 0.933 bits per heavy atom. The van der Waals surface area contributed by atoms with Crippen LogP contribution in [0.1, 0.15) is 34.6 Å². The number of H-pyrrole nitrogens is 4. The first kappa shape index (κ1) is 41.6. The van der Waals surface area contributed by atoms with E-state index in [9.17, 15) is 24.0 Å². The highest BCUT2D eigenvalue weighted by molar-refractivity contribution is 7.44. The summed E-state index contributed by atoms with van der Waals surface area (Å²) in [6, 6.07) is 0. The molecule has 1 aromatic heterocycles. The van der Waals surface area contributed by atoms with Crippen LogP contribution in [0.15, 0.2) is 60.8 Å². The quantitative estimate of drug-likeness (QED) is 0.120. The topological polar surface area (TPSA) is 212 Å². The summed E-state index contributed by atoms with van der Waals surface area (Å²) < 4.78 is 45.7. The lowest BCUT2D eigenvalue weighted by Gasteiger charge is -2.43. The normalized spacial score (nSPS) is 11.2. The van der Waals surface area contributed by atoms with E-state index in [2.05, 4.69) is 55.4 Å². The van der Waals surface area contributed by atoms with Crippen molar-refractivity contribution in [1.82, 2.24) is 26.6 Å². The van der Waals surface area contributed by atoms with Crippen LogP contribution in [0.3, 0.4) is 0 Å². The van der Waals surface area contributed by atoms with Gasteiger partial charge in [-0.05, 0) is 34.6 Å². The van der Waals surface area contributed by atoms with Crippen LogP contribution in [0.2, 0.25) is 0 Å². The minimum absolute atomic E-state index is 0. The molecule has 0 aliphatic heterocycles. The van der Waals surface area contributed by atoms with Crippen molar-refractivity contribution in [3.8, 4) is 0 Å². The molecule has 0 saturated carbocycles. The number of aromatic amines is 4. The Morgan fingerprint density at radius 3 is 1.31 bits per heavy atom. The Labute approximate surface area is 266 Å². The largest absolute Gasteiger partial charge is 0.532 e. The van der Waals surface area contributed by atoms with E-state index in [1.807, 2.05) is 0 Å². The van der Waals surface area contributed by atoms with Crippen LogP contribution in [-0.2, 0) is 53.6 Å². The van der Waals surface area contributed by atoms with Crippen molar-refractivity contribution in [3.63, 3.8) is 0 Å². The van der Waals surface area contributed by atoms with E-state index in [4.69, 9.17) is 23.7 Å². The molecule has 0 radical (unpaired) electrons. The second-order valence-corrected chi connectivity index (χ2v) is 16.0. The summed E-state index contributed by atoms with van der Waals surface area (Å²) in [7, 11) is -1.02. The third kappa shape index (κ3) is 12.1. The fourth-order valence-corrected chi connectivity index (χ4v) is 8.91. The molecule has 250 valence electrons. The molecule has 0 saturated heterocycles. The zero-order chi connectivity index (χ0) is 33.7. The van der Waals surface area contributed by atoms with Crippen molar-refractivity contribution in [3.05, 3.63) is 60.8 Å². The molecule has 0 amide bonds. The molecule has 0 aromatic carbocycles. The summed E-state index contributed by atoms with van der Waals surface area (Å²) in [4.78, 5) is 66.2. The molecule has 4 N–H and O–H groups in total. The van der Waals surface area contributed by atoms with E-state index >= 15 is 0 Å². The molecule has 0 aliphatic carbocycles. The molecule has 0 aliphatic rings. The molecule has 0 fully saturated rings. The summed E-state index contributed by atoms with van der Waals surface area (Å²) in [5.74, 6) is -13.2. The molecule has 5 atom stereocenters. The SMILES string of the molecule is C=C(C)C(=O)OC(OC(=O)C(=C)C)(OC(=O)C(=C)C)C(OC(=O)C(=C)C)(OC(=O)C(=C)C)n1pn[pH][nH][pH][nH][pH][nH][pH][nH][pH]1.F. The zero-order valence-electron chi connectivity index (χ0n) is 24.9. The predicted molar refractivity (Wildman–Crippen MR) is 178 cm³/mol. The fourth-order valence-electron chi connectivity index (χ4n) is 2.18. The number of hydrogen-bond donors (Lipinski definition) is 4. The van der Waals surface area contributed by atoms with Gasteiger partial charge < -0.3 is 41.7 Å². The minimum atomic E-state index is -3.53. The standard InChI is InChI=1S/C22H34N6O10P6.FH/c1-11(2)16(29)34-21(35-17(30)12(3)4,28-43-26-41-24-39-23-40-25-42-27-44-28)22(36-18(31)13(5)6,37-19(32)14(7)8)38-20(33)15(9)10;/h23-26,39-43H,1,3,5,7,9H2,2,4,6,8,10H3;1H. The van der Waals surface area contributed by atoms with Crippen LogP contribution in [0.4, 0.5) is 4.70 Å². The monoisotopic (exact) mass is 748 g/mol. The first-order valence-electron chi connectivity index (χ1n) is 11.9. The number of aromatic nitrogens is 6. The maximum absolute atomic E-state index is 13.3. The van der Waals surface area contributed by atoms with Gasteiger partial charge in [0.25, 0.3) is 0 Å². The number of carbonyl (C=O) groups is 5. The first-order valence-corrected chi connectivity index (χ1v) is 17.6. The molecular weight excluding hydrogens is 713 g/mol. The summed E-state index contributed by atoms with van der Waals surface area (Å²) in [5.41, 5.74) is -1.31. The third-order valence-corrected chi connectivity index (χ3v) is 10.5. The molecule has 1 aromatic rings. The van der Waals surface area contributed by atoms with Crippen LogP contribution in [0.5, 0.6) is 0 Å². The second-order valence-electron chi connectivity index (χ2n) is 8.59. The van der Waals surface area contributed by atoms with Crippen molar-refractivity contribution >= 4 is 80.9 Å². The molecule has 23 heteroatoms. The highest BCUT2D eigenvalue weighted by Gasteiger charge is 2.72. The van der Waals surface area contributed by atoms with Crippen molar-refractivity contribution in [2.45, 2.75) is 46.5 Å². The van der Waals surface area contributed by atoms with E-state index in [0.29, 0.717) is 0 Å². The molecular formula is C22H35FN6O10P6. The predicted octanol–water partition coefficient (Wildman–Crippen LogP) is 5.44. The van der Waals surface area contributed by atoms with Crippen molar-refractivity contribution in [1.29, 1.82) is 0 Å². The lowest BCUT2D eigenvalue weighted by Crippen LogP contribution is -2.65. The number of halogens is 1.